The van der Waals surface area contributed by atoms with Crippen LogP contribution in [0.5, 0.6) is 0 Å². The van der Waals surface area contributed by atoms with Crippen LogP contribution in [0.1, 0.15) is 57.6 Å². The Balaban J connectivity index is 2.03. The number of piperidine rings is 1. The van der Waals surface area contributed by atoms with Crippen LogP contribution in [0.3, 0.4) is 0 Å². The SMILES string of the molecule is CCc1cccc(-c2c(F)cccc2C(O)(CCCNC(=O)OC)C2CCCN(C(=O)[C@@H](N)C(C)C)C2)c1. The highest BCUT2D eigenvalue weighted by Gasteiger charge is 2.43. The molecule has 1 fully saturated rings. The molecule has 2 unspecified atom stereocenters. The van der Waals surface area contributed by atoms with Crippen LogP contribution < -0.4 is 11.1 Å². The Hall–Kier alpha value is -2.97. The highest BCUT2D eigenvalue weighted by molar-refractivity contribution is 5.82. The number of rotatable bonds is 10. The zero-order valence-electron chi connectivity index (χ0n) is 23.0. The van der Waals surface area contributed by atoms with Crippen molar-refractivity contribution in [3.63, 3.8) is 0 Å². The third kappa shape index (κ3) is 6.72. The fourth-order valence-electron chi connectivity index (χ4n) is 5.37. The summed E-state index contributed by atoms with van der Waals surface area (Å²) in [6.45, 7) is 7.06. The largest absolute Gasteiger partial charge is 0.453 e. The van der Waals surface area contributed by atoms with Crippen molar-refractivity contribution < 1.29 is 23.8 Å². The van der Waals surface area contributed by atoms with Crippen molar-refractivity contribution in [2.45, 2.75) is 64.5 Å². The standard InChI is InChI=1S/C30H42FN3O4/c1-5-21-10-6-11-22(18-21)26-24(13-7-14-25(26)31)30(37,15-9-16-33-29(36)38-4)23-12-8-17-34(19-23)28(35)27(32)20(2)3/h6-7,10-11,13-14,18,20,23,27,37H,5,8-9,12,15-17,19,32H2,1-4H3,(H,33,36)/t23?,27-,30?/m0/s1. The average molecular weight is 528 g/mol. The molecule has 3 atom stereocenters. The van der Waals surface area contributed by atoms with Crippen LogP contribution in [-0.2, 0) is 21.6 Å². The summed E-state index contributed by atoms with van der Waals surface area (Å²) in [5, 5.41) is 15.1. The number of likely N-dealkylation sites (tertiary alicyclic amines) is 1. The van der Waals surface area contributed by atoms with E-state index in [9.17, 15) is 14.7 Å². The number of halogens is 1. The van der Waals surface area contributed by atoms with E-state index in [1.54, 1.807) is 17.0 Å². The molecule has 2 aromatic rings. The van der Waals surface area contributed by atoms with Gasteiger partial charge in [-0.1, -0.05) is 57.2 Å². The van der Waals surface area contributed by atoms with E-state index in [1.807, 2.05) is 45.0 Å². The smallest absolute Gasteiger partial charge is 0.406 e. The van der Waals surface area contributed by atoms with Crippen LogP contribution in [0.4, 0.5) is 9.18 Å². The van der Waals surface area contributed by atoms with Crippen molar-refractivity contribution in [1.29, 1.82) is 0 Å². The van der Waals surface area contributed by atoms with Gasteiger partial charge in [0.2, 0.25) is 5.91 Å². The average Bonchev–Trinajstić information content (AvgIpc) is 2.94. The van der Waals surface area contributed by atoms with Gasteiger partial charge in [0.25, 0.3) is 0 Å². The van der Waals surface area contributed by atoms with Gasteiger partial charge < -0.3 is 25.8 Å². The summed E-state index contributed by atoms with van der Waals surface area (Å²) in [4.78, 5) is 26.5. The molecule has 2 aromatic carbocycles. The topological polar surface area (TPSA) is 105 Å². The molecular formula is C30H42FN3O4. The summed E-state index contributed by atoms with van der Waals surface area (Å²) in [5.41, 5.74) is 7.38. The molecule has 1 aliphatic heterocycles. The number of aliphatic hydroxyl groups is 1. The summed E-state index contributed by atoms with van der Waals surface area (Å²) >= 11 is 0. The molecule has 0 aromatic heterocycles. The molecule has 4 N–H and O–H groups in total. The number of hydrogen-bond acceptors (Lipinski definition) is 5. The van der Waals surface area contributed by atoms with E-state index in [0.29, 0.717) is 55.6 Å². The lowest BCUT2D eigenvalue weighted by Gasteiger charge is -2.44. The minimum absolute atomic E-state index is 0.00757. The van der Waals surface area contributed by atoms with Crippen molar-refractivity contribution in [3.05, 3.63) is 59.4 Å². The van der Waals surface area contributed by atoms with Gasteiger partial charge in [0.1, 0.15) is 5.82 Å². The fourth-order valence-corrected chi connectivity index (χ4v) is 5.37. The van der Waals surface area contributed by atoms with Gasteiger partial charge >= 0.3 is 6.09 Å². The fraction of sp³-hybridized carbons (Fsp3) is 0.533. The number of alkyl carbamates (subject to hydrolysis) is 1. The monoisotopic (exact) mass is 527 g/mol. The van der Waals surface area contributed by atoms with Gasteiger partial charge in [-0.15, -0.1) is 0 Å². The molecule has 38 heavy (non-hydrogen) atoms. The second-order valence-corrected chi connectivity index (χ2v) is 10.6. The second-order valence-electron chi connectivity index (χ2n) is 10.6. The van der Waals surface area contributed by atoms with Gasteiger partial charge in [-0.2, -0.15) is 0 Å². The molecule has 208 valence electrons. The molecule has 0 bridgehead atoms. The summed E-state index contributed by atoms with van der Waals surface area (Å²) in [7, 11) is 1.30. The van der Waals surface area contributed by atoms with E-state index in [0.717, 1.165) is 12.0 Å². The molecule has 0 saturated carbocycles. The number of amides is 2. The molecule has 2 amide bonds. The summed E-state index contributed by atoms with van der Waals surface area (Å²) in [6, 6.07) is 11.9. The molecule has 0 spiro atoms. The maximum Gasteiger partial charge on any atom is 0.406 e. The first-order valence-electron chi connectivity index (χ1n) is 13.6. The lowest BCUT2D eigenvalue weighted by atomic mass is 9.72. The number of nitrogens with one attached hydrogen (secondary N) is 1. The van der Waals surface area contributed by atoms with Crippen molar-refractivity contribution in [2.24, 2.45) is 17.6 Å². The zero-order valence-corrected chi connectivity index (χ0v) is 23.0. The molecule has 1 heterocycles. The minimum Gasteiger partial charge on any atom is -0.453 e. The minimum atomic E-state index is -1.45. The molecule has 7 nitrogen and oxygen atoms in total. The number of nitrogens with two attached hydrogens (primary N) is 1. The highest BCUT2D eigenvalue weighted by Crippen LogP contribution is 2.44. The Morgan fingerprint density at radius 1 is 1.26 bits per heavy atom. The molecule has 0 aliphatic carbocycles. The molecule has 0 radical (unpaired) electrons. The van der Waals surface area contributed by atoms with Gasteiger partial charge in [0, 0.05) is 31.1 Å². The van der Waals surface area contributed by atoms with Crippen LogP contribution in [0.2, 0.25) is 0 Å². The summed E-state index contributed by atoms with van der Waals surface area (Å²) < 4.78 is 20.2. The van der Waals surface area contributed by atoms with Crippen LogP contribution >= 0.6 is 0 Å². The van der Waals surface area contributed by atoms with Crippen molar-refractivity contribution in [2.75, 3.05) is 26.7 Å². The first-order chi connectivity index (χ1) is 18.1. The molecule has 1 aliphatic rings. The van der Waals surface area contributed by atoms with E-state index >= 15 is 4.39 Å². The second kappa shape index (κ2) is 13.2. The quantitative estimate of drug-likeness (QED) is 0.392. The third-order valence-electron chi connectivity index (χ3n) is 7.71. The first-order valence-corrected chi connectivity index (χ1v) is 13.6. The maximum absolute atomic E-state index is 15.5. The van der Waals surface area contributed by atoms with Gasteiger partial charge in [0.05, 0.1) is 18.8 Å². The Labute approximate surface area is 225 Å². The number of nitrogens with zero attached hydrogens (tertiary/aromatic N) is 1. The lowest BCUT2D eigenvalue weighted by molar-refractivity contribution is -0.139. The van der Waals surface area contributed by atoms with Crippen molar-refractivity contribution in [1.82, 2.24) is 10.2 Å². The Morgan fingerprint density at radius 3 is 2.68 bits per heavy atom. The first kappa shape index (κ1) is 29.6. The van der Waals surface area contributed by atoms with Gasteiger partial charge in [-0.05, 0) is 60.8 Å². The molecular weight excluding hydrogens is 485 g/mol. The van der Waals surface area contributed by atoms with Crippen LogP contribution in [0.15, 0.2) is 42.5 Å². The molecule has 8 heteroatoms. The normalized spacial score (nSPS) is 18.1. The summed E-state index contributed by atoms with van der Waals surface area (Å²) in [5.74, 6) is -0.888. The van der Waals surface area contributed by atoms with Gasteiger partial charge in [-0.3, -0.25) is 4.79 Å². The van der Waals surface area contributed by atoms with E-state index in [-0.39, 0.29) is 24.2 Å². The number of hydrogen-bond donors (Lipinski definition) is 3. The van der Waals surface area contributed by atoms with Crippen LogP contribution in [0.25, 0.3) is 11.1 Å². The summed E-state index contributed by atoms with van der Waals surface area (Å²) in [6.07, 6.45) is 2.34. The predicted octanol–water partition coefficient (Wildman–Crippen LogP) is 4.60. The number of ether oxygens (including phenoxy) is 1. The van der Waals surface area contributed by atoms with E-state index in [2.05, 4.69) is 10.1 Å². The van der Waals surface area contributed by atoms with Crippen molar-refractivity contribution >= 4 is 12.0 Å². The molecule has 3 rings (SSSR count). The highest BCUT2D eigenvalue weighted by atomic mass is 19.1. The number of benzene rings is 2. The Morgan fingerprint density at radius 2 is 2.00 bits per heavy atom. The van der Waals surface area contributed by atoms with E-state index in [4.69, 9.17) is 5.73 Å². The Bertz CT molecular complexity index is 1110. The van der Waals surface area contributed by atoms with E-state index < -0.39 is 23.6 Å². The van der Waals surface area contributed by atoms with E-state index in [1.165, 1.54) is 13.2 Å². The predicted molar refractivity (Wildman–Crippen MR) is 147 cm³/mol. The number of carbonyl (C=O) groups excluding carboxylic acids is 2. The maximum atomic E-state index is 15.5. The number of methoxy groups -OCH3 is 1. The third-order valence-corrected chi connectivity index (χ3v) is 7.71. The number of aryl methyl sites for hydroxylation is 1. The number of carbonyl (C=O) groups is 2. The zero-order chi connectivity index (χ0) is 27.9. The van der Waals surface area contributed by atoms with Crippen LogP contribution in [-0.4, -0.2) is 54.8 Å². The van der Waals surface area contributed by atoms with Gasteiger partial charge in [0.15, 0.2) is 0 Å². The van der Waals surface area contributed by atoms with Crippen LogP contribution in [0, 0.1) is 17.7 Å². The van der Waals surface area contributed by atoms with Crippen molar-refractivity contribution in [3.8, 4) is 11.1 Å². The Kier molecular flexibility index (Phi) is 10.3. The lowest BCUT2D eigenvalue weighted by Crippen LogP contribution is -2.53. The van der Waals surface area contributed by atoms with Gasteiger partial charge in [-0.25, -0.2) is 9.18 Å². The molecule has 1 saturated heterocycles.